The third-order valence-corrected chi connectivity index (χ3v) is 7.05. The molecule has 1 heterocycles. The maximum atomic E-state index is 12.9. The second-order valence-corrected chi connectivity index (χ2v) is 10.0. The number of ether oxygens (including phenoxy) is 2. The summed E-state index contributed by atoms with van der Waals surface area (Å²) in [6.07, 6.45) is -3.11. The van der Waals surface area contributed by atoms with Gasteiger partial charge in [0.1, 0.15) is 13.2 Å². The van der Waals surface area contributed by atoms with Gasteiger partial charge in [0.2, 0.25) is 5.91 Å². The van der Waals surface area contributed by atoms with Gasteiger partial charge in [-0.05, 0) is 59.3 Å². The van der Waals surface area contributed by atoms with Crippen LogP contribution in [0.5, 0.6) is 11.5 Å². The highest BCUT2D eigenvalue weighted by molar-refractivity contribution is 9.10. The Labute approximate surface area is 234 Å². The van der Waals surface area contributed by atoms with Crippen LogP contribution in [-0.4, -0.2) is 35.6 Å². The number of methoxy groups -OCH3 is 1. The third kappa shape index (κ3) is 7.01. The number of nitrogens with one attached hydrogen (secondary N) is 1. The van der Waals surface area contributed by atoms with Gasteiger partial charge < -0.3 is 14.8 Å². The molecule has 0 radical (unpaired) electrons. The first-order chi connectivity index (χ1) is 18.5. The molecule has 202 valence electrons. The smallest absolute Gasteiger partial charge is 0.416 e. The predicted octanol–water partition coefficient (Wildman–Crippen LogP) is 6.73. The van der Waals surface area contributed by atoms with Crippen LogP contribution in [0.25, 0.3) is 6.08 Å². The zero-order valence-corrected chi connectivity index (χ0v) is 22.7. The summed E-state index contributed by atoms with van der Waals surface area (Å²) in [4.78, 5) is 38.6. The van der Waals surface area contributed by atoms with Crippen LogP contribution in [0.2, 0.25) is 0 Å². The first-order valence-corrected chi connectivity index (χ1v) is 12.9. The highest BCUT2D eigenvalue weighted by Gasteiger charge is 2.37. The van der Waals surface area contributed by atoms with Gasteiger partial charge in [0.15, 0.2) is 11.5 Å². The van der Waals surface area contributed by atoms with E-state index in [1.54, 1.807) is 12.1 Å². The average Bonchev–Trinajstić information content (AvgIpc) is 3.16. The van der Waals surface area contributed by atoms with Gasteiger partial charge in [-0.3, -0.25) is 19.3 Å². The molecule has 39 heavy (non-hydrogen) atoms. The van der Waals surface area contributed by atoms with Crippen molar-refractivity contribution in [3.8, 4) is 11.5 Å². The van der Waals surface area contributed by atoms with Gasteiger partial charge in [0, 0.05) is 10.2 Å². The molecule has 12 heteroatoms. The molecule has 0 bridgehead atoms. The minimum absolute atomic E-state index is 0.0626. The number of amides is 3. The van der Waals surface area contributed by atoms with E-state index in [2.05, 4.69) is 21.2 Å². The standard InChI is InChI=1S/C27H20BrF3N2O5S/c1-37-21-10-17(20(28)13-22(21)38-15-16-6-3-2-4-7-16)11-23-25(35)33(26(36)39-23)14-24(34)32-19-9-5-8-18(12-19)27(29,30)31/h2-13H,14-15H2,1H3,(H,32,34)/b23-11-. The molecular weight excluding hydrogens is 601 g/mol. The summed E-state index contributed by atoms with van der Waals surface area (Å²) < 4.78 is 50.7. The van der Waals surface area contributed by atoms with Gasteiger partial charge in [0.25, 0.3) is 11.1 Å². The van der Waals surface area contributed by atoms with Crippen LogP contribution in [0, 0.1) is 0 Å². The van der Waals surface area contributed by atoms with Crippen LogP contribution in [-0.2, 0) is 22.4 Å². The quantitative estimate of drug-likeness (QED) is 0.281. The third-order valence-electron chi connectivity index (χ3n) is 5.46. The fourth-order valence-electron chi connectivity index (χ4n) is 3.56. The molecule has 1 saturated heterocycles. The van der Waals surface area contributed by atoms with Crippen LogP contribution >= 0.6 is 27.7 Å². The van der Waals surface area contributed by atoms with Crippen molar-refractivity contribution in [2.75, 3.05) is 19.0 Å². The van der Waals surface area contributed by atoms with Crippen molar-refractivity contribution >= 4 is 56.5 Å². The zero-order valence-electron chi connectivity index (χ0n) is 20.3. The summed E-state index contributed by atoms with van der Waals surface area (Å²) in [5, 5.41) is 1.61. The first kappa shape index (κ1) is 28.2. The van der Waals surface area contributed by atoms with Crippen LogP contribution in [0.1, 0.15) is 16.7 Å². The van der Waals surface area contributed by atoms with E-state index in [4.69, 9.17) is 9.47 Å². The Balaban J connectivity index is 1.46. The van der Waals surface area contributed by atoms with Gasteiger partial charge in [-0.2, -0.15) is 13.2 Å². The van der Waals surface area contributed by atoms with Gasteiger partial charge in [-0.25, -0.2) is 0 Å². The molecule has 1 N–H and O–H groups in total. The number of hydrogen-bond acceptors (Lipinski definition) is 6. The number of benzene rings is 3. The van der Waals surface area contributed by atoms with Crippen LogP contribution in [0.4, 0.5) is 23.7 Å². The van der Waals surface area contributed by atoms with Crippen molar-refractivity contribution in [3.05, 3.63) is 92.8 Å². The summed E-state index contributed by atoms with van der Waals surface area (Å²) in [5.74, 6) is -0.662. The lowest BCUT2D eigenvalue weighted by molar-refractivity contribution is -0.137. The van der Waals surface area contributed by atoms with Crippen LogP contribution in [0.15, 0.2) is 76.1 Å². The monoisotopic (exact) mass is 620 g/mol. The van der Waals surface area contributed by atoms with E-state index in [1.807, 2.05) is 30.3 Å². The summed E-state index contributed by atoms with van der Waals surface area (Å²) in [6.45, 7) is -0.348. The number of carbonyl (C=O) groups excluding carboxylic acids is 3. The van der Waals surface area contributed by atoms with Gasteiger partial charge >= 0.3 is 6.18 Å². The fraction of sp³-hybridized carbons (Fsp3) is 0.148. The van der Waals surface area contributed by atoms with Crippen molar-refractivity contribution in [3.63, 3.8) is 0 Å². The second-order valence-electron chi connectivity index (χ2n) is 8.19. The van der Waals surface area contributed by atoms with E-state index in [1.165, 1.54) is 19.3 Å². The van der Waals surface area contributed by atoms with E-state index < -0.39 is 35.3 Å². The maximum absolute atomic E-state index is 12.9. The maximum Gasteiger partial charge on any atom is 0.416 e. The Kier molecular flexibility index (Phi) is 8.66. The first-order valence-electron chi connectivity index (χ1n) is 11.3. The molecule has 3 aromatic carbocycles. The number of alkyl halides is 3. The normalized spacial score (nSPS) is 14.6. The minimum Gasteiger partial charge on any atom is -0.493 e. The van der Waals surface area contributed by atoms with E-state index >= 15 is 0 Å². The van der Waals surface area contributed by atoms with Crippen LogP contribution < -0.4 is 14.8 Å². The largest absolute Gasteiger partial charge is 0.493 e. The molecule has 1 aliphatic heterocycles. The van der Waals surface area contributed by atoms with Crippen molar-refractivity contribution in [1.82, 2.24) is 4.90 Å². The lowest BCUT2D eigenvalue weighted by Crippen LogP contribution is -2.36. The highest BCUT2D eigenvalue weighted by Crippen LogP contribution is 2.38. The Morgan fingerprint density at radius 3 is 2.49 bits per heavy atom. The number of halogens is 4. The summed E-state index contributed by atoms with van der Waals surface area (Å²) in [5.41, 5.74) is 0.443. The molecule has 3 amide bonds. The molecule has 0 aromatic heterocycles. The van der Waals surface area contributed by atoms with Crippen molar-refractivity contribution in [2.24, 2.45) is 0 Å². The summed E-state index contributed by atoms with van der Waals surface area (Å²) in [7, 11) is 1.47. The van der Waals surface area contributed by atoms with Crippen molar-refractivity contribution < 1.29 is 37.0 Å². The fourth-order valence-corrected chi connectivity index (χ4v) is 4.83. The molecule has 4 rings (SSSR count). The highest BCUT2D eigenvalue weighted by atomic mass is 79.9. The number of thioether (sulfide) groups is 1. The lowest BCUT2D eigenvalue weighted by Gasteiger charge is -2.14. The molecule has 3 aromatic rings. The Hall–Kier alpha value is -3.77. The molecule has 7 nitrogen and oxygen atoms in total. The summed E-state index contributed by atoms with van der Waals surface area (Å²) in [6, 6.07) is 16.9. The molecule has 0 unspecified atom stereocenters. The Morgan fingerprint density at radius 1 is 1.05 bits per heavy atom. The Bertz CT molecular complexity index is 1450. The van der Waals surface area contributed by atoms with Crippen LogP contribution in [0.3, 0.4) is 0 Å². The average molecular weight is 621 g/mol. The molecule has 0 atom stereocenters. The number of imide groups is 1. The van der Waals surface area contributed by atoms with Gasteiger partial charge in [-0.1, -0.05) is 52.3 Å². The predicted molar refractivity (Wildman–Crippen MR) is 144 cm³/mol. The number of carbonyl (C=O) groups is 3. The zero-order chi connectivity index (χ0) is 28.2. The number of rotatable bonds is 8. The lowest BCUT2D eigenvalue weighted by atomic mass is 10.1. The van der Waals surface area contributed by atoms with E-state index in [9.17, 15) is 27.6 Å². The number of anilines is 1. The molecule has 0 saturated carbocycles. The molecule has 0 spiro atoms. The van der Waals surface area contributed by atoms with E-state index in [-0.39, 0.29) is 10.6 Å². The molecule has 1 fully saturated rings. The topological polar surface area (TPSA) is 84.9 Å². The van der Waals surface area contributed by atoms with E-state index in [0.717, 1.165) is 28.7 Å². The van der Waals surface area contributed by atoms with Crippen molar-refractivity contribution in [2.45, 2.75) is 12.8 Å². The minimum atomic E-state index is -4.58. The number of nitrogens with zero attached hydrogens (tertiary/aromatic N) is 1. The molecular formula is C27H20BrF3N2O5S. The van der Waals surface area contributed by atoms with Crippen molar-refractivity contribution in [1.29, 1.82) is 0 Å². The summed E-state index contributed by atoms with van der Waals surface area (Å²) >= 11 is 4.09. The molecule has 0 aliphatic carbocycles. The SMILES string of the molecule is COc1cc(/C=C2\SC(=O)N(CC(=O)Nc3cccc(C(F)(F)F)c3)C2=O)c(Br)cc1OCc1ccccc1. The van der Waals surface area contributed by atoms with E-state index in [0.29, 0.717) is 39.9 Å². The number of hydrogen-bond donors (Lipinski definition) is 1. The molecule has 1 aliphatic rings. The van der Waals surface area contributed by atoms with Gasteiger partial charge in [0.05, 0.1) is 17.6 Å². The Morgan fingerprint density at radius 2 is 1.79 bits per heavy atom. The van der Waals surface area contributed by atoms with Gasteiger partial charge in [-0.15, -0.1) is 0 Å². The second kappa shape index (κ2) is 12.0.